The third kappa shape index (κ3) is 4.40. The minimum atomic E-state index is -0.422. The van der Waals surface area contributed by atoms with E-state index in [2.05, 4.69) is 5.32 Å². The standard InChI is InChI=1S/C14H16ClN3O/c1-10-12(15)5-4-6-13(10)17-14(19)11(9-16)7-8-18(2)3/h4-7H,8H2,1-3H3,(H,17,19). The number of nitrogens with one attached hydrogen (secondary N) is 1. The van der Waals surface area contributed by atoms with Crippen LogP contribution in [-0.2, 0) is 4.79 Å². The van der Waals surface area contributed by atoms with E-state index >= 15 is 0 Å². The molecule has 1 aromatic carbocycles. The first kappa shape index (κ1) is 15.2. The van der Waals surface area contributed by atoms with Crippen LogP contribution in [0, 0.1) is 18.3 Å². The number of hydrogen-bond acceptors (Lipinski definition) is 3. The van der Waals surface area contributed by atoms with Gasteiger partial charge in [0.05, 0.1) is 0 Å². The van der Waals surface area contributed by atoms with Crippen LogP contribution in [0.1, 0.15) is 5.56 Å². The number of amides is 1. The molecule has 1 amide bonds. The summed E-state index contributed by atoms with van der Waals surface area (Å²) in [7, 11) is 3.73. The number of anilines is 1. The monoisotopic (exact) mass is 277 g/mol. The molecule has 0 saturated carbocycles. The summed E-state index contributed by atoms with van der Waals surface area (Å²) in [4.78, 5) is 13.8. The fourth-order valence-electron chi connectivity index (χ4n) is 1.40. The smallest absolute Gasteiger partial charge is 0.266 e. The highest BCUT2D eigenvalue weighted by Crippen LogP contribution is 2.23. The normalized spacial score (nSPS) is 11.3. The van der Waals surface area contributed by atoms with Gasteiger partial charge in [-0.1, -0.05) is 17.7 Å². The predicted molar refractivity (Wildman–Crippen MR) is 77.1 cm³/mol. The zero-order valence-electron chi connectivity index (χ0n) is 11.2. The van der Waals surface area contributed by atoms with Crippen LogP contribution in [0.25, 0.3) is 0 Å². The molecule has 1 N–H and O–H groups in total. The number of likely N-dealkylation sites (N-methyl/N-ethyl adjacent to an activating group) is 1. The topological polar surface area (TPSA) is 56.1 Å². The molecule has 0 saturated heterocycles. The zero-order valence-corrected chi connectivity index (χ0v) is 12.0. The summed E-state index contributed by atoms with van der Waals surface area (Å²) in [5, 5.41) is 12.3. The molecule has 0 bridgehead atoms. The minimum absolute atomic E-state index is 0.0908. The van der Waals surface area contributed by atoms with Crippen LogP contribution in [0.2, 0.25) is 5.02 Å². The van der Waals surface area contributed by atoms with Gasteiger partial charge in [0.15, 0.2) is 0 Å². The van der Waals surface area contributed by atoms with Crippen molar-refractivity contribution in [3.05, 3.63) is 40.4 Å². The third-order valence-electron chi connectivity index (χ3n) is 2.54. The summed E-state index contributed by atoms with van der Waals surface area (Å²) in [5.74, 6) is -0.422. The molecule has 5 heteroatoms. The molecule has 1 rings (SSSR count). The Bertz CT molecular complexity index is 544. The van der Waals surface area contributed by atoms with Crippen molar-refractivity contribution < 1.29 is 4.79 Å². The second-order valence-corrected chi connectivity index (χ2v) is 4.77. The van der Waals surface area contributed by atoms with E-state index in [0.29, 0.717) is 17.3 Å². The highest BCUT2D eigenvalue weighted by Gasteiger charge is 2.11. The van der Waals surface area contributed by atoms with Crippen molar-refractivity contribution in [3.63, 3.8) is 0 Å². The molecule has 0 spiro atoms. The minimum Gasteiger partial charge on any atom is -0.321 e. The van der Waals surface area contributed by atoms with Crippen LogP contribution in [0.3, 0.4) is 0 Å². The quantitative estimate of drug-likeness (QED) is 0.680. The number of nitrogens with zero attached hydrogens (tertiary/aromatic N) is 2. The Morgan fingerprint density at radius 1 is 1.53 bits per heavy atom. The number of carbonyl (C=O) groups is 1. The molecule has 0 atom stereocenters. The molecule has 0 aliphatic heterocycles. The van der Waals surface area contributed by atoms with Gasteiger partial charge in [-0.15, -0.1) is 0 Å². The summed E-state index contributed by atoms with van der Waals surface area (Å²) < 4.78 is 0. The molecule has 0 fully saturated rings. The van der Waals surface area contributed by atoms with E-state index in [9.17, 15) is 4.79 Å². The van der Waals surface area contributed by atoms with Crippen LogP contribution < -0.4 is 5.32 Å². The molecule has 0 aliphatic rings. The molecular weight excluding hydrogens is 262 g/mol. The van der Waals surface area contributed by atoms with Gasteiger partial charge in [0, 0.05) is 17.3 Å². The van der Waals surface area contributed by atoms with E-state index in [0.717, 1.165) is 5.56 Å². The Morgan fingerprint density at radius 2 is 2.21 bits per heavy atom. The van der Waals surface area contributed by atoms with Crippen LogP contribution in [-0.4, -0.2) is 31.4 Å². The molecule has 0 unspecified atom stereocenters. The van der Waals surface area contributed by atoms with E-state index < -0.39 is 5.91 Å². The lowest BCUT2D eigenvalue weighted by molar-refractivity contribution is -0.112. The van der Waals surface area contributed by atoms with Crippen LogP contribution in [0.4, 0.5) is 5.69 Å². The number of rotatable bonds is 4. The van der Waals surface area contributed by atoms with E-state index in [-0.39, 0.29) is 5.57 Å². The van der Waals surface area contributed by atoms with Crippen LogP contribution in [0.15, 0.2) is 29.8 Å². The van der Waals surface area contributed by atoms with Crippen molar-refractivity contribution in [2.45, 2.75) is 6.92 Å². The third-order valence-corrected chi connectivity index (χ3v) is 2.95. The van der Waals surface area contributed by atoms with Gasteiger partial charge in [-0.3, -0.25) is 4.79 Å². The molecule has 100 valence electrons. The van der Waals surface area contributed by atoms with Crippen LogP contribution in [0.5, 0.6) is 0 Å². The summed E-state index contributed by atoms with van der Waals surface area (Å²) in [5.41, 5.74) is 1.49. The summed E-state index contributed by atoms with van der Waals surface area (Å²) >= 11 is 5.98. The lowest BCUT2D eigenvalue weighted by Crippen LogP contribution is -2.17. The van der Waals surface area contributed by atoms with Gasteiger partial charge in [0.25, 0.3) is 5.91 Å². The SMILES string of the molecule is Cc1c(Cl)cccc1NC(=O)C(C#N)=CCN(C)C. The van der Waals surface area contributed by atoms with Gasteiger partial charge in [-0.05, 0) is 44.8 Å². The van der Waals surface area contributed by atoms with Crippen molar-refractivity contribution in [2.24, 2.45) is 0 Å². The Balaban J connectivity index is 2.87. The lowest BCUT2D eigenvalue weighted by Gasteiger charge is -2.09. The van der Waals surface area contributed by atoms with Gasteiger partial charge in [-0.25, -0.2) is 0 Å². The van der Waals surface area contributed by atoms with Crippen molar-refractivity contribution in [1.29, 1.82) is 5.26 Å². The van der Waals surface area contributed by atoms with E-state index in [4.69, 9.17) is 16.9 Å². The molecule has 0 heterocycles. The number of halogens is 1. The maximum Gasteiger partial charge on any atom is 0.266 e. The highest BCUT2D eigenvalue weighted by atomic mass is 35.5. The van der Waals surface area contributed by atoms with Crippen molar-refractivity contribution in [2.75, 3.05) is 26.0 Å². The van der Waals surface area contributed by atoms with Gasteiger partial charge < -0.3 is 10.2 Å². The summed E-state index contributed by atoms with van der Waals surface area (Å²) in [6.45, 7) is 2.35. The van der Waals surface area contributed by atoms with Crippen molar-refractivity contribution in [1.82, 2.24) is 4.90 Å². The van der Waals surface area contributed by atoms with E-state index in [1.165, 1.54) is 0 Å². The largest absolute Gasteiger partial charge is 0.321 e. The average Bonchev–Trinajstić information content (AvgIpc) is 2.35. The lowest BCUT2D eigenvalue weighted by atomic mass is 10.2. The Kier molecular flexibility index (Phi) is 5.56. The molecule has 1 aromatic rings. The predicted octanol–water partition coefficient (Wildman–Crippen LogP) is 2.60. The Labute approximate surface area is 118 Å². The van der Waals surface area contributed by atoms with Gasteiger partial charge in [-0.2, -0.15) is 5.26 Å². The molecule has 19 heavy (non-hydrogen) atoms. The first-order chi connectivity index (χ1) is 8.95. The number of nitriles is 1. The van der Waals surface area contributed by atoms with E-state index in [1.54, 1.807) is 24.3 Å². The van der Waals surface area contributed by atoms with Crippen LogP contribution >= 0.6 is 11.6 Å². The average molecular weight is 278 g/mol. The summed E-state index contributed by atoms with van der Waals surface area (Å²) in [6, 6.07) is 7.15. The van der Waals surface area contributed by atoms with Gasteiger partial charge >= 0.3 is 0 Å². The van der Waals surface area contributed by atoms with Crippen molar-refractivity contribution in [3.8, 4) is 6.07 Å². The Hall–Kier alpha value is -1.83. The maximum absolute atomic E-state index is 12.0. The number of benzene rings is 1. The first-order valence-corrected chi connectivity index (χ1v) is 6.15. The molecule has 0 radical (unpaired) electrons. The molecule has 4 nitrogen and oxygen atoms in total. The molecule has 0 aromatic heterocycles. The fourth-order valence-corrected chi connectivity index (χ4v) is 1.57. The van der Waals surface area contributed by atoms with Gasteiger partial charge in [0.2, 0.25) is 0 Å². The number of hydrogen-bond donors (Lipinski definition) is 1. The summed E-state index contributed by atoms with van der Waals surface area (Å²) in [6.07, 6.45) is 1.59. The van der Waals surface area contributed by atoms with E-state index in [1.807, 2.05) is 32.0 Å². The fraction of sp³-hybridized carbons (Fsp3) is 0.286. The maximum atomic E-state index is 12.0. The number of carbonyl (C=O) groups excluding carboxylic acids is 1. The second-order valence-electron chi connectivity index (χ2n) is 4.36. The first-order valence-electron chi connectivity index (χ1n) is 5.77. The zero-order chi connectivity index (χ0) is 14.4. The second kappa shape index (κ2) is 6.93. The molecule has 0 aliphatic carbocycles. The highest BCUT2D eigenvalue weighted by molar-refractivity contribution is 6.31. The molecular formula is C14H16ClN3O. The van der Waals surface area contributed by atoms with Crippen molar-refractivity contribution >= 4 is 23.2 Å². The Morgan fingerprint density at radius 3 is 2.79 bits per heavy atom. The van der Waals surface area contributed by atoms with Gasteiger partial charge in [0.1, 0.15) is 11.6 Å².